The van der Waals surface area contributed by atoms with Crippen molar-refractivity contribution in [2.75, 3.05) is 0 Å². The fraction of sp³-hybridized carbons (Fsp3) is 1.00. The summed E-state index contributed by atoms with van der Waals surface area (Å²) in [6, 6.07) is 0. The van der Waals surface area contributed by atoms with E-state index in [4.69, 9.17) is 5.11 Å². The van der Waals surface area contributed by atoms with Crippen molar-refractivity contribution in [3.8, 4) is 0 Å². The van der Waals surface area contributed by atoms with E-state index in [1.807, 2.05) is 0 Å². The van der Waals surface area contributed by atoms with E-state index >= 15 is 0 Å². The van der Waals surface area contributed by atoms with Crippen molar-refractivity contribution in [1.29, 1.82) is 0 Å². The van der Waals surface area contributed by atoms with Gasteiger partial charge < -0.3 is 0 Å². The molecule has 0 fully saturated rings. The summed E-state index contributed by atoms with van der Waals surface area (Å²) in [6.45, 7) is 1.58. The summed E-state index contributed by atoms with van der Waals surface area (Å²) in [5, 5.41) is 7.44. The Morgan fingerprint density at radius 2 is 2.00 bits per heavy atom. The molecule has 0 spiro atoms. The SMILES string of the molecule is C[CH](O)[Co]. The molecule has 0 radical (unpaired) electrons. The van der Waals surface area contributed by atoms with Gasteiger partial charge in [0.05, 0.1) is 0 Å². The van der Waals surface area contributed by atoms with Crippen LogP contribution in [0.4, 0.5) is 0 Å². The van der Waals surface area contributed by atoms with Gasteiger partial charge in [0.2, 0.25) is 0 Å². The standard InChI is InChI=1S/C2H5O.Co/c1-2-3;/h2-3H,1H3;. The normalized spacial score (nSPS) is 16.0. The van der Waals surface area contributed by atoms with Gasteiger partial charge in [-0.1, -0.05) is 0 Å². The molecule has 2 heteroatoms. The molecule has 0 bridgehead atoms. The molecule has 28 valence electrons. The van der Waals surface area contributed by atoms with Crippen molar-refractivity contribution in [3.05, 3.63) is 0 Å². The minimum atomic E-state index is -0.479. The first-order valence-electron chi connectivity index (χ1n) is 1.03. The molecule has 0 aliphatic heterocycles. The third-order valence-electron chi connectivity index (χ3n) is 0. The molecule has 0 aliphatic carbocycles. The second kappa shape index (κ2) is 1.75. The molecule has 0 rings (SSSR count). The molecule has 4 heavy (non-hydrogen) atoms. The van der Waals surface area contributed by atoms with Gasteiger partial charge in [0.15, 0.2) is 0 Å². The Hall–Kier alpha value is 0.466. The molecule has 0 heterocycles. The number of hydrogen-bond acceptors (Lipinski definition) is 1. The van der Waals surface area contributed by atoms with Crippen molar-refractivity contribution in [1.82, 2.24) is 0 Å². The van der Waals surface area contributed by atoms with Crippen molar-refractivity contribution < 1.29 is 20.8 Å². The molecule has 0 aromatic heterocycles. The first kappa shape index (κ1) is 4.47. The van der Waals surface area contributed by atoms with Crippen LogP contribution in [0, 0.1) is 0 Å². The zero-order valence-corrected chi connectivity index (χ0v) is 3.40. The van der Waals surface area contributed by atoms with Gasteiger partial charge in [0, 0.05) is 0 Å². The predicted octanol–water partition coefficient (Wildman–Crippen LogP) is -0.129. The van der Waals surface area contributed by atoms with Gasteiger partial charge in [-0.05, 0) is 0 Å². The fourth-order valence-electron chi connectivity index (χ4n) is 0. The fourth-order valence-corrected chi connectivity index (χ4v) is 0. The molecule has 1 N–H and O–H groups in total. The van der Waals surface area contributed by atoms with E-state index in [0.717, 1.165) is 0 Å². The number of aliphatic hydroxyl groups excluding tert-OH is 1. The van der Waals surface area contributed by atoms with Crippen molar-refractivity contribution in [3.63, 3.8) is 0 Å². The minimum absolute atomic E-state index is 0.479. The Morgan fingerprint density at radius 3 is 2.00 bits per heavy atom. The molecule has 0 aromatic carbocycles. The maximum absolute atomic E-state index is 7.92. The molecule has 0 saturated carbocycles. The Morgan fingerprint density at radius 1 is 2.00 bits per heavy atom. The van der Waals surface area contributed by atoms with Crippen molar-refractivity contribution in [2.45, 2.75) is 12.0 Å². The molecule has 0 saturated heterocycles. The molecule has 1 atom stereocenters. The summed E-state index contributed by atoms with van der Waals surface area (Å²) in [6.07, 6.45) is 0. The van der Waals surface area contributed by atoms with Gasteiger partial charge in [0.25, 0.3) is 0 Å². The Kier molecular flexibility index (Phi) is 1.96. The number of rotatable bonds is 0. The van der Waals surface area contributed by atoms with E-state index in [1.165, 1.54) is 0 Å². The predicted molar refractivity (Wildman–Crippen MR) is 11.7 cm³/mol. The van der Waals surface area contributed by atoms with Crippen LogP contribution < -0.4 is 0 Å². The molecule has 1 nitrogen and oxygen atoms in total. The summed E-state index contributed by atoms with van der Waals surface area (Å²) in [5.74, 6) is 0. The van der Waals surface area contributed by atoms with Gasteiger partial charge in [-0.2, -0.15) is 0 Å². The maximum atomic E-state index is 7.92. The van der Waals surface area contributed by atoms with Crippen LogP contribution in [0.25, 0.3) is 0 Å². The van der Waals surface area contributed by atoms with E-state index < -0.39 is 5.04 Å². The second-order valence-corrected chi connectivity index (χ2v) is 1.41. The third-order valence-corrected chi connectivity index (χ3v) is 0. The zero-order chi connectivity index (χ0) is 3.58. The van der Waals surface area contributed by atoms with E-state index in [9.17, 15) is 0 Å². The van der Waals surface area contributed by atoms with Gasteiger partial charge in [-0.15, -0.1) is 0 Å². The van der Waals surface area contributed by atoms with Gasteiger partial charge in [0.1, 0.15) is 0 Å². The summed E-state index contributed by atoms with van der Waals surface area (Å²) >= 11 is 3.56. The van der Waals surface area contributed by atoms with Crippen LogP contribution in [0.15, 0.2) is 0 Å². The first-order chi connectivity index (χ1) is 1.73. The van der Waals surface area contributed by atoms with Crippen LogP contribution >= 0.6 is 0 Å². The monoisotopic (exact) mass is 104 g/mol. The van der Waals surface area contributed by atoms with Crippen LogP contribution in [0.2, 0.25) is 0 Å². The topological polar surface area (TPSA) is 20.2 Å². The van der Waals surface area contributed by atoms with Crippen LogP contribution in [-0.2, 0) is 15.7 Å². The average Bonchev–Trinajstić information content (AvgIpc) is 0.811. The molecule has 0 aromatic rings. The Labute approximate surface area is 33.6 Å². The molecular formula is C2H5CoO. The molecule has 0 amide bonds. The first-order valence-corrected chi connectivity index (χ1v) is 1.63. The summed E-state index contributed by atoms with van der Waals surface area (Å²) in [5.41, 5.74) is 0. The number of aliphatic hydroxyl groups is 1. The van der Waals surface area contributed by atoms with Crippen LogP contribution in [0.1, 0.15) is 6.92 Å². The van der Waals surface area contributed by atoms with Crippen LogP contribution in [0.3, 0.4) is 0 Å². The Balaban J connectivity index is 2.32. The average molecular weight is 104 g/mol. The second-order valence-electron chi connectivity index (χ2n) is 0.537. The molecule has 0 aliphatic rings. The van der Waals surface area contributed by atoms with E-state index in [2.05, 4.69) is 15.7 Å². The van der Waals surface area contributed by atoms with Crippen LogP contribution in [-0.4, -0.2) is 10.1 Å². The zero-order valence-electron chi connectivity index (χ0n) is 2.36. The van der Waals surface area contributed by atoms with Crippen molar-refractivity contribution >= 4 is 0 Å². The van der Waals surface area contributed by atoms with E-state index in [0.29, 0.717) is 0 Å². The Bertz CT molecular complexity index is 10.8. The van der Waals surface area contributed by atoms with Crippen LogP contribution in [0.5, 0.6) is 0 Å². The summed E-state index contributed by atoms with van der Waals surface area (Å²) in [7, 11) is 0. The van der Waals surface area contributed by atoms with Gasteiger partial charge >= 0.3 is 32.8 Å². The third kappa shape index (κ3) is 24.4. The quantitative estimate of drug-likeness (QED) is 0.454. The summed E-state index contributed by atoms with van der Waals surface area (Å²) < 4.78 is 0. The van der Waals surface area contributed by atoms with Gasteiger partial charge in [-0.3, -0.25) is 0 Å². The summed E-state index contributed by atoms with van der Waals surface area (Å²) in [4.78, 5) is 0. The van der Waals surface area contributed by atoms with E-state index in [1.54, 1.807) is 6.92 Å². The van der Waals surface area contributed by atoms with Gasteiger partial charge in [-0.25, -0.2) is 0 Å². The van der Waals surface area contributed by atoms with Crippen molar-refractivity contribution in [2.24, 2.45) is 0 Å². The molecular weight excluding hydrogens is 99.0 g/mol. The molecule has 1 unspecified atom stereocenters. The number of hydrogen-bond donors (Lipinski definition) is 1. The van der Waals surface area contributed by atoms with E-state index in [-0.39, 0.29) is 0 Å².